The number of carbonyl (C=O) groups excluding carboxylic acids is 3. The molecule has 0 spiro atoms. The van der Waals surface area contributed by atoms with Gasteiger partial charge in [0.25, 0.3) is 5.91 Å². The highest BCUT2D eigenvalue weighted by molar-refractivity contribution is 6.04. The van der Waals surface area contributed by atoms with Crippen molar-refractivity contribution in [1.82, 2.24) is 20.5 Å². The molecule has 2 N–H and O–H groups in total. The average Bonchev–Trinajstić information content (AvgIpc) is 3.04. The summed E-state index contributed by atoms with van der Waals surface area (Å²) in [7, 11) is 3.05. The van der Waals surface area contributed by atoms with Gasteiger partial charge in [0.15, 0.2) is 11.5 Å². The minimum atomic E-state index is -0.718. The van der Waals surface area contributed by atoms with Crippen LogP contribution in [0.25, 0.3) is 0 Å². The molecule has 1 aliphatic rings. The van der Waals surface area contributed by atoms with Crippen molar-refractivity contribution in [2.75, 3.05) is 14.2 Å². The van der Waals surface area contributed by atoms with Gasteiger partial charge in [0, 0.05) is 25.4 Å². The van der Waals surface area contributed by atoms with E-state index in [1.54, 1.807) is 30.6 Å². The maximum absolute atomic E-state index is 12.6. The number of rotatable bonds is 9. The van der Waals surface area contributed by atoms with Crippen molar-refractivity contribution in [3.63, 3.8) is 0 Å². The van der Waals surface area contributed by atoms with Gasteiger partial charge in [0.2, 0.25) is 5.91 Å². The molecule has 2 heterocycles. The van der Waals surface area contributed by atoms with Gasteiger partial charge in [-0.25, -0.2) is 4.79 Å². The Hall–Kier alpha value is -3.62. The molecule has 1 saturated heterocycles. The van der Waals surface area contributed by atoms with E-state index < -0.39 is 12.1 Å². The number of imide groups is 1. The molecule has 1 aliphatic heterocycles. The van der Waals surface area contributed by atoms with Crippen LogP contribution in [0.4, 0.5) is 4.79 Å². The van der Waals surface area contributed by atoms with Gasteiger partial charge in [-0.2, -0.15) is 0 Å². The number of urea groups is 1. The van der Waals surface area contributed by atoms with Crippen LogP contribution < -0.4 is 20.1 Å². The van der Waals surface area contributed by atoms with E-state index in [-0.39, 0.29) is 31.2 Å². The summed E-state index contributed by atoms with van der Waals surface area (Å²) >= 11 is 0. The van der Waals surface area contributed by atoms with Crippen LogP contribution in [0.2, 0.25) is 0 Å². The second-order valence-corrected chi connectivity index (χ2v) is 6.79. The lowest BCUT2D eigenvalue weighted by Crippen LogP contribution is -2.32. The molecule has 1 atom stereocenters. The Labute approximate surface area is 174 Å². The number of nitrogens with one attached hydrogen (secondary N) is 2. The lowest BCUT2D eigenvalue weighted by molar-refractivity contribution is -0.128. The van der Waals surface area contributed by atoms with Crippen molar-refractivity contribution in [2.45, 2.75) is 32.0 Å². The van der Waals surface area contributed by atoms with Crippen molar-refractivity contribution < 1.29 is 23.9 Å². The fourth-order valence-electron chi connectivity index (χ4n) is 3.15. The Morgan fingerprint density at radius 1 is 1.10 bits per heavy atom. The predicted molar refractivity (Wildman–Crippen MR) is 108 cm³/mol. The van der Waals surface area contributed by atoms with Gasteiger partial charge < -0.3 is 20.1 Å². The summed E-state index contributed by atoms with van der Waals surface area (Å²) in [5.41, 5.74) is 1.66. The number of nitrogens with zero attached hydrogens (tertiary/aromatic N) is 2. The van der Waals surface area contributed by atoms with Crippen molar-refractivity contribution in [3.05, 3.63) is 53.9 Å². The topological polar surface area (TPSA) is 110 Å². The smallest absolute Gasteiger partial charge is 0.325 e. The van der Waals surface area contributed by atoms with E-state index in [9.17, 15) is 14.4 Å². The number of ether oxygens (including phenoxy) is 2. The summed E-state index contributed by atoms with van der Waals surface area (Å²) in [5, 5.41) is 5.44. The van der Waals surface area contributed by atoms with Crippen molar-refractivity contribution in [1.29, 1.82) is 0 Å². The van der Waals surface area contributed by atoms with Crippen LogP contribution in [-0.2, 0) is 22.7 Å². The van der Waals surface area contributed by atoms with Crippen LogP contribution in [0.1, 0.15) is 24.0 Å². The van der Waals surface area contributed by atoms with Crippen molar-refractivity contribution in [3.8, 4) is 11.5 Å². The summed E-state index contributed by atoms with van der Waals surface area (Å²) in [6.07, 6.45) is 3.67. The van der Waals surface area contributed by atoms with Gasteiger partial charge >= 0.3 is 6.03 Å². The standard InChI is InChI=1S/C21H24N4O5/c1-29-17-5-3-15(11-18(17)30-2)13-25-20(27)16(24-21(25)28)4-6-19(26)23-12-14-7-9-22-10-8-14/h3,5,7-11,16H,4,6,12-13H2,1-2H3,(H,23,26)(H,24,28)/t16-/m1/s1. The molecule has 0 saturated carbocycles. The van der Waals surface area contributed by atoms with Crippen molar-refractivity contribution >= 4 is 17.8 Å². The molecule has 3 rings (SSSR count). The molecule has 30 heavy (non-hydrogen) atoms. The van der Waals surface area contributed by atoms with Crippen LogP contribution >= 0.6 is 0 Å². The van der Waals surface area contributed by atoms with E-state index in [1.165, 1.54) is 14.2 Å². The Morgan fingerprint density at radius 3 is 2.53 bits per heavy atom. The first-order valence-corrected chi connectivity index (χ1v) is 9.50. The van der Waals surface area contributed by atoms with E-state index in [2.05, 4.69) is 15.6 Å². The third-order valence-electron chi connectivity index (χ3n) is 4.79. The van der Waals surface area contributed by atoms with E-state index >= 15 is 0 Å². The fraction of sp³-hybridized carbons (Fsp3) is 0.333. The van der Waals surface area contributed by atoms with E-state index in [4.69, 9.17) is 9.47 Å². The summed E-state index contributed by atoms with van der Waals surface area (Å²) in [4.78, 5) is 42.0. The zero-order valence-electron chi connectivity index (χ0n) is 16.9. The number of hydrogen-bond donors (Lipinski definition) is 2. The molecule has 9 nitrogen and oxygen atoms in total. The molecular weight excluding hydrogens is 388 g/mol. The normalized spacial score (nSPS) is 15.7. The summed E-state index contributed by atoms with van der Waals surface area (Å²) in [5.74, 6) is 0.544. The molecule has 0 radical (unpaired) electrons. The number of amides is 4. The quantitative estimate of drug-likeness (QED) is 0.606. The largest absolute Gasteiger partial charge is 0.493 e. The van der Waals surface area contributed by atoms with Crippen LogP contribution in [0.15, 0.2) is 42.7 Å². The second kappa shape index (κ2) is 9.73. The number of carbonyl (C=O) groups is 3. The summed E-state index contributed by atoms with van der Waals surface area (Å²) in [6.45, 7) is 0.494. The first-order chi connectivity index (χ1) is 14.5. The third kappa shape index (κ3) is 5.05. The van der Waals surface area contributed by atoms with Crippen LogP contribution in [0.5, 0.6) is 11.5 Å². The molecule has 1 aromatic heterocycles. The monoisotopic (exact) mass is 412 g/mol. The second-order valence-electron chi connectivity index (χ2n) is 6.79. The van der Waals surface area contributed by atoms with Gasteiger partial charge in [0.05, 0.1) is 20.8 Å². The van der Waals surface area contributed by atoms with Crippen LogP contribution in [-0.4, -0.2) is 48.0 Å². The fourth-order valence-corrected chi connectivity index (χ4v) is 3.15. The number of pyridine rings is 1. The van der Waals surface area contributed by atoms with E-state index in [0.29, 0.717) is 18.0 Å². The molecule has 1 aromatic carbocycles. The molecule has 0 unspecified atom stereocenters. The minimum Gasteiger partial charge on any atom is -0.493 e. The third-order valence-corrected chi connectivity index (χ3v) is 4.79. The Morgan fingerprint density at radius 2 is 1.83 bits per heavy atom. The molecule has 0 bridgehead atoms. The van der Waals surface area contributed by atoms with Gasteiger partial charge in [-0.05, 0) is 41.8 Å². The highest BCUT2D eigenvalue weighted by Crippen LogP contribution is 2.28. The van der Waals surface area contributed by atoms with Gasteiger partial charge in [-0.3, -0.25) is 19.5 Å². The lowest BCUT2D eigenvalue weighted by atomic mass is 10.1. The SMILES string of the molecule is COc1ccc(CN2C(=O)N[C@H](CCC(=O)NCc3ccncc3)C2=O)cc1OC. The summed E-state index contributed by atoms with van der Waals surface area (Å²) < 4.78 is 10.5. The summed E-state index contributed by atoms with van der Waals surface area (Å²) in [6, 6.07) is 7.64. The number of benzene rings is 1. The minimum absolute atomic E-state index is 0.107. The average molecular weight is 412 g/mol. The number of aromatic nitrogens is 1. The maximum atomic E-state index is 12.6. The highest BCUT2D eigenvalue weighted by Gasteiger charge is 2.37. The van der Waals surface area contributed by atoms with Crippen LogP contribution in [0.3, 0.4) is 0 Å². The zero-order valence-corrected chi connectivity index (χ0v) is 16.9. The molecule has 4 amide bonds. The molecule has 9 heteroatoms. The molecule has 0 aliphatic carbocycles. The van der Waals surface area contributed by atoms with E-state index in [0.717, 1.165) is 16.0 Å². The molecular formula is C21H24N4O5. The Kier molecular flexibility index (Phi) is 6.84. The predicted octanol–water partition coefficient (Wildman–Crippen LogP) is 1.62. The lowest BCUT2D eigenvalue weighted by Gasteiger charge is -2.15. The van der Waals surface area contributed by atoms with E-state index in [1.807, 2.05) is 12.1 Å². The van der Waals surface area contributed by atoms with Crippen LogP contribution in [0, 0.1) is 0 Å². The van der Waals surface area contributed by atoms with Crippen molar-refractivity contribution in [2.24, 2.45) is 0 Å². The Bertz CT molecular complexity index is 919. The van der Waals surface area contributed by atoms with Gasteiger partial charge in [-0.1, -0.05) is 6.07 Å². The number of hydrogen-bond acceptors (Lipinski definition) is 6. The highest BCUT2D eigenvalue weighted by atomic mass is 16.5. The maximum Gasteiger partial charge on any atom is 0.325 e. The molecule has 1 fully saturated rings. The first kappa shape index (κ1) is 21.1. The Balaban J connectivity index is 1.52. The first-order valence-electron chi connectivity index (χ1n) is 9.50. The zero-order chi connectivity index (χ0) is 21.5. The molecule has 2 aromatic rings. The molecule has 158 valence electrons. The van der Waals surface area contributed by atoms with Gasteiger partial charge in [0.1, 0.15) is 6.04 Å². The number of methoxy groups -OCH3 is 2. The van der Waals surface area contributed by atoms with Gasteiger partial charge in [-0.15, -0.1) is 0 Å².